The van der Waals surface area contributed by atoms with E-state index in [2.05, 4.69) is 27.7 Å². The molecule has 0 bridgehead atoms. The molecule has 0 atom stereocenters. The molecule has 0 aliphatic rings. The summed E-state index contributed by atoms with van der Waals surface area (Å²) in [6, 6.07) is 3.67. The highest BCUT2D eigenvalue weighted by Crippen LogP contribution is 2.32. The number of unbranched alkanes of at least 4 members (excludes halogenated alkanes) is 16. The molecule has 0 N–H and O–H groups in total. The van der Waals surface area contributed by atoms with Crippen molar-refractivity contribution in [1.82, 2.24) is 0 Å². The van der Waals surface area contributed by atoms with Gasteiger partial charge in [0.1, 0.15) is 0 Å². The van der Waals surface area contributed by atoms with Crippen LogP contribution in [0.4, 0.5) is 0 Å². The maximum Gasteiger partial charge on any atom is 0.292 e. The minimum Gasteiger partial charge on any atom is -0.519 e. The van der Waals surface area contributed by atoms with Gasteiger partial charge in [0.2, 0.25) is 0 Å². The van der Waals surface area contributed by atoms with Gasteiger partial charge in [-0.15, -0.1) is 0 Å². The summed E-state index contributed by atoms with van der Waals surface area (Å²) in [6.07, 6.45) is 26.7. The highest BCUT2D eigenvalue weighted by molar-refractivity contribution is 6.75. The third-order valence-corrected chi connectivity index (χ3v) is 11.5. The Morgan fingerprint density at radius 3 is 1.12 bits per heavy atom. The Morgan fingerprint density at radius 1 is 0.469 bits per heavy atom. The van der Waals surface area contributed by atoms with Crippen LogP contribution in [0.2, 0.25) is 18.1 Å². The number of rotatable bonds is 25. The summed E-state index contributed by atoms with van der Waals surface area (Å²) >= 11 is 0. The third-order valence-electron chi connectivity index (χ3n) is 7.02. The van der Waals surface area contributed by atoms with Crippen molar-refractivity contribution in [3.63, 3.8) is 0 Å². The van der Waals surface area contributed by atoms with Crippen LogP contribution in [-0.2, 0) is 9.22 Å². The SMILES string of the molecule is CCCCCCCC[Si](CCCCCCCC)(CCCCCCCC)OC(=O)CCCC. The van der Waals surface area contributed by atoms with Crippen LogP contribution in [0.1, 0.15) is 163 Å². The van der Waals surface area contributed by atoms with Gasteiger partial charge in [-0.25, -0.2) is 0 Å². The molecule has 0 rings (SSSR count). The van der Waals surface area contributed by atoms with E-state index in [0.717, 1.165) is 12.8 Å². The summed E-state index contributed by atoms with van der Waals surface area (Å²) in [5, 5.41) is 0. The van der Waals surface area contributed by atoms with E-state index < -0.39 is 8.32 Å². The van der Waals surface area contributed by atoms with Gasteiger partial charge in [0.05, 0.1) is 0 Å². The normalized spacial score (nSPS) is 11.8. The molecule has 32 heavy (non-hydrogen) atoms. The van der Waals surface area contributed by atoms with Crippen molar-refractivity contribution in [1.29, 1.82) is 0 Å². The monoisotopic (exact) mass is 468 g/mol. The summed E-state index contributed by atoms with van der Waals surface area (Å²) in [7, 11) is -1.96. The van der Waals surface area contributed by atoms with Crippen LogP contribution in [0, 0.1) is 0 Å². The fourth-order valence-electron chi connectivity index (χ4n) is 4.82. The van der Waals surface area contributed by atoms with Gasteiger partial charge in [-0.2, -0.15) is 0 Å². The van der Waals surface area contributed by atoms with Crippen LogP contribution in [0.3, 0.4) is 0 Å². The van der Waals surface area contributed by atoms with E-state index in [1.165, 1.54) is 134 Å². The Balaban J connectivity index is 4.89. The zero-order valence-corrected chi connectivity index (χ0v) is 23.8. The molecule has 0 aliphatic carbocycles. The van der Waals surface area contributed by atoms with E-state index in [1.807, 2.05) is 0 Å². The molecule has 192 valence electrons. The molecule has 0 aromatic heterocycles. The van der Waals surface area contributed by atoms with Gasteiger partial charge in [0.15, 0.2) is 0 Å². The number of hydrogen-bond acceptors (Lipinski definition) is 2. The highest BCUT2D eigenvalue weighted by atomic mass is 28.4. The summed E-state index contributed by atoms with van der Waals surface area (Å²) in [5.41, 5.74) is 0. The maximum atomic E-state index is 12.8. The minimum atomic E-state index is -1.96. The Kier molecular flexibility index (Phi) is 23.6. The van der Waals surface area contributed by atoms with E-state index in [9.17, 15) is 4.79 Å². The number of carbonyl (C=O) groups is 1. The summed E-state index contributed by atoms with van der Waals surface area (Å²) in [6.45, 7) is 9.03. The molecule has 0 radical (unpaired) electrons. The molecular formula is C29H60O2Si. The Hall–Kier alpha value is -0.313. The second-order valence-corrected chi connectivity index (χ2v) is 14.4. The van der Waals surface area contributed by atoms with Gasteiger partial charge in [-0.3, -0.25) is 4.79 Å². The Morgan fingerprint density at radius 2 is 0.781 bits per heavy atom. The highest BCUT2D eigenvalue weighted by Gasteiger charge is 2.36. The van der Waals surface area contributed by atoms with Gasteiger partial charge >= 0.3 is 0 Å². The van der Waals surface area contributed by atoms with Crippen LogP contribution >= 0.6 is 0 Å². The van der Waals surface area contributed by atoms with E-state index in [4.69, 9.17) is 4.43 Å². The smallest absolute Gasteiger partial charge is 0.292 e. The molecule has 0 aromatic carbocycles. The van der Waals surface area contributed by atoms with E-state index >= 15 is 0 Å². The largest absolute Gasteiger partial charge is 0.519 e. The van der Waals surface area contributed by atoms with Crippen molar-refractivity contribution in [2.24, 2.45) is 0 Å². The first-order valence-electron chi connectivity index (χ1n) is 14.9. The zero-order chi connectivity index (χ0) is 23.8. The molecule has 0 unspecified atom stereocenters. The molecule has 0 saturated carbocycles. The second kappa shape index (κ2) is 23.8. The molecule has 0 spiro atoms. The van der Waals surface area contributed by atoms with Crippen molar-refractivity contribution >= 4 is 14.3 Å². The lowest BCUT2D eigenvalue weighted by Gasteiger charge is -2.32. The van der Waals surface area contributed by atoms with Crippen molar-refractivity contribution in [3.8, 4) is 0 Å². The molecule has 0 amide bonds. The van der Waals surface area contributed by atoms with Crippen LogP contribution in [0.15, 0.2) is 0 Å². The zero-order valence-electron chi connectivity index (χ0n) is 22.8. The Bertz CT molecular complexity index is 356. The van der Waals surface area contributed by atoms with Crippen molar-refractivity contribution in [2.45, 2.75) is 181 Å². The van der Waals surface area contributed by atoms with Crippen molar-refractivity contribution in [3.05, 3.63) is 0 Å². The number of carbonyl (C=O) groups excluding carboxylic acids is 1. The van der Waals surface area contributed by atoms with Crippen molar-refractivity contribution in [2.75, 3.05) is 0 Å². The summed E-state index contributed by atoms with van der Waals surface area (Å²) in [5.74, 6) is 0.126. The fourth-order valence-corrected chi connectivity index (χ4v) is 9.15. The molecule has 0 saturated heterocycles. The molecular weight excluding hydrogens is 408 g/mol. The minimum absolute atomic E-state index is 0.126. The lowest BCUT2D eigenvalue weighted by atomic mass is 10.1. The van der Waals surface area contributed by atoms with E-state index in [1.54, 1.807) is 0 Å². The molecule has 0 aromatic rings. The first-order chi connectivity index (χ1) is 15.6. The van der Waals surface area contributed by atoms with Crippen LogP contribution in [0.25, 0.3) is 0 Å². The van der Waals surface area contributed by atoms with E-state index in [-0.39, 0.29) is 5.97 Å². The molecule has 0 aliphatic heterocycles. The second-order valence-electron chi connectivity index (χ2n) is 10.3. The van der Waals surface area contributed by atoms with Gasteiger partial charge in [0, 0.05) is 6.42 Å². The molecule has 3 heteroatoms. The topological polar surface area (TPSA) is 26.3 Å². The number of hydrogen-bond donors (Lipinski definition) is 0. The standard InChI is InChI=1S/C29H60O2Si/c1-5-9-13-16-19-22-26-32(31-29(30)25-12-8-4,27-23-20-17-14-10-6-2)28-24-21-18-15-11-7-3/h5-28H2,1-4H3. The average molecular weight is 469 g/mol. The van der Waals surface area contributed by atoms with E-state index in [0.29, 0.717) is 6.42 Å². The first-order valence-corrected chi connectivity index (χ1v) is 17.4. The van der Waals surface area contributed by atoms with Gasteiger partial charge in [0.25, 0.3) is 14.3 Å². The first kappa shape index (κ1) is 31.7. The lowest BCUT2D eigenvalue weighted by Crippen LogP contribution is -2.40. The van der Waals surface area contributed by atoms with Gasteiger partial charge in [-0.1, -0.05) is 150 Å². The lowest BCUT2D eigenvalue weighted by molar-refractivity contribution is -0.135. The predicted octanol–water partition coefficient (Wildman–Crippen LogP) is 10.7. The van der Waals surface area contributed by atoms with Gasteiger partial charge in [-0.05, 0) is 24.6 Å². The van der Waals surface area contributed by atoms with Crippen LogP contribution in [-0.4, -0.2) is 14.3 Å². The summed E-state index contributed by atoms with van der Waals surface area (Å²) < 4.78 is 6.52. The summed E-state index contributed by atoms with van der Waals surface area (Å²) in [4.78, 5) is 12.8. The predicted molar refractivity (Wildman–Crippen MR) is 146 cm³/mol. The molecule has 2 nitrogen and oxygen atoms in total. The Labute approximate surface area is 204 Å². The van der Waals surface area contributed by atoms with Gasteiger partial charge < -0.3 is 4.43 Å². The maximum absolute atomic E-state index is 12.8. The third kappa shape index (κ3) is 19.2. The van der Waals surface area contributed by atoms with Crippen molar-refractivity contribution < 1.29 is 9.22 Å². The molecule has 0 heterocycles. The molecule has 0 fully saturated rings. The average Bonchev–Trinajstić information content (AvgIpc) is 2.79. The fraction of sp³-hybridized carbons (Fsp3) is 0.966. The quantitative estimate of drug-likeness (QED) is 0.0983. The van der Waals surface area contributed by atoms with Crippen LogP contribution in [0.5, 0.6) is 0 Å². The van der Waals surface area contributed by atoms with Crippen LogP contribution < -0.4 is 0 Å².